The molecular weight excluding hydrogens is 224 g/mol. The highest BCUT2D eigenvalue weighted by atomic mass is 16.3. The zero-order valence-electron chi connectivity index (χ0n) is 12.1. The summed E-state index contributed by atoms with van der Waals surface area (Å²) in [5.74, 6) is 2.78. The third-order valence-corrected chi connectivity index (χ3v) is 4.31. The molecule has 1 N–H and O–H groups in total. The number of hydrogen-bond donors (Lipinski definition) is 1. The normalized spacial score (nSPS) is 24.3. The second-order valence-electron chi connectivity index (χ2n) is 6.13. The maximum absolute atomic E-state index is 5.65. The maximum atomic E-state index is 5.65. The van der Waals surface area contributed by atoms with Gasteiger partial charge in [-0.3, -0.25) is 4.90 Å². The zero-order valence-corrected chi connectivity index (χ0v) is 12.1. The van der Waals surface area contributed by atoms with E-state index in [1.807, 2.05) is 13.0 Å². The largest absolute Gasteiger partial charge is 0.465 e. The van der Waals surface area contributed by atoms with Crippen LogP contribution in [-0.2, 0) is 6.54 Å². The fourth-order valence-electron chi connectivity index (χ4n) is 3.00. The van der Waals surface area contributed by atoms with Crippen molar-refractivity contribution in [2.45, 2.75) is 33.7 Å². The van der Waals surface area contributed by atoms with Gasteiger partial charge in [0.2, 0.25) is 0 Å². The molecule has 1 aliphatic rings. The van der Waals surface area contributed by atoms with Gasteiger partial charge in [0.25, 0.3) is 0 Å². The van der Waals surface area contributed by atoms with Crippen LogP contribution in [0.5, 0.6) is 0 Å². The molecular formula is C15H26N2O. The molecule has 1 aromatic rings. The monoisotopic (exact) mass is 250 g/mol. The molecule has 0 bridgehead atoms. The molecule has 1 aliphatic heterocycles. The lowest BCUT2D eigenvalue weighted by molar-refractivity contribution is 0.126. The molecule has 0 saturated carbocycles. The first kappa shape index (κ1) is 13.6. The molecule has 18 heavy (non-hydrogen) atoms. The van der Waals surface area contributed by atoms with Crippen molar-refractivity contribution in [3.63, 3.8) is 0 Å². The van der Waals surface area contributed by atoms with E-state index in [1.54, 1.807) is 0 Å². The van der Waals surface area contributed by atoms with Crippen LogP contribution >= 0.6 is 0 Å². The Morgan fingerprint density at radius 3 is 2.72 bits per heavy atom. The van der Waals surface area contributed by atoms with Gasteiger partial charge in [0.05, 0.1) is 6.54 Å². The summed E-state index contributed by atoms with van der Waals surface area (Å²) < 4.78 is 5.65. The predicted molar refractivity (Wildman–Crippen MR) is 74.5 cm³/mol. The van der Waals surface area contributed by atoms with E-state index in [-0.39, 0.29) is 0 Å². The number of nitrogens with zero attached hydrogens (tertiary/aromatic N) is 1. The number of rotatable bonds is 5. The Balaban J connectivity index is 1.95. The average molecular weight is 250 g/mol. The predicted octanol–water partition coefficient (Wildman–Crippen LogP) is 2.66. The van der Waals surface area contributed by atoms with Crippen molar-refractivity contribution in [1.82, 2.24) is 10.2 Å². The van der Waals surface area contributed by atoms with Crippen molar-refractivity contribution in [1.29, 1.82) is 0 Å². The molecule has 1 saturated heterocycles. The van der Waals surface area contributed by atoms with Gasteiger partial charge in [0.15, 0.2) is 0 Å². The summed E-state index contributed by atoms with van der Waals surface area (Å²) in [6.07, 6.45) is 1.28. The van der Waals surface area contributed by atoms with E-state index in [9.17, 15) is 0 Å². The molecule has 2 rings (SSSR count). The number of aryl methyl sites for hydroxylation is 1. The molecule has 1 fully saturated rings. The summed E-state index contributed by atoms with van der Waals surface area (Å²) in [4.78, 5) is 2.39. The van der Waals surface area contributed by atoms with Gasteiger partial charge in [0, 0.05) is 13.1 Å². The van der Waals surface area contributed by atoms with Crippen LogP contribution in [0.4, 0.5) is 0 Å². The zero-order chi connectivity index (χ0) is 13.2. The Labute approximate surface area is 111 Å². The Morgan fingerprint density at radius 2 is 2.22 bits per heavy atom. The SMILES string of the molecule is Cc1ccc(CN(C)CC2(C(C)C)CCNC2)o1. The standard InChI is InChI=1S/C15H26N2O/c1-12(2)15(7-8-16-10-15)11-17(4)9-14-6-5-13(3)18-14/h5-6,12,16H,7-11H2,1-4H3. The molecule has 102 valence electrons. The molecule has 3 nitrogen and oxygen atoms in total. The Morgan fingerprint density at radius 1 is 1.44 bits per heavy atom. The summed E-state index contributed by atoms with van der Waals surface area (Å²) in [6, 6.07) is 4.12. The van der Waals surface area contributed by atoms with E-state index in [1.165, 1.54) is 6.42 Å². The number of nitrogens with one attached hydrogen (secondary N) is 1. The van der Waals surface area contributed by atoms with Crippen molar-refractivity contribution in [2.24, 2.45) is 11.3 Å². The van der Waals surface area contributed by atoms with Crippen molar-refractivity contribution < 1.29 is 4.42 Å². The third kappa shape index (κ3) is 2.96. The Kier molecular flexibility index (Phi) is 4.13. The molecule has 2 heterocycles. The highest BCUT2D eigenvalue weighted by molar-refractivity contribution is 5.05. The van der Waals surface area contributed by atoms with E-state index >= 15 is 0 Å². The summed E-state index contributed by atoms with van der Waals surface area (Å²) in [5, 5.41) is 3.52. The van der Waals surface area contributed by atoms with Crippen LogP contribution in [0, 0.1) is 18.3 Å². The lowest BCUT2D eigenvalue weighted by atomic mass is 9.76. The van der Waals surface area contributed by atoms with Crippen LogP contribution < -0.4 is 5.32 Å². The average Bonchev–Trinajstić information content (AvgIpc) is 2.89. The van der Waals surface area contributed by atoms with Crippen molar-refractivity contribution in [2.75, 3.05) is 26.7 Å². The summed E-state index contributed by atoms with van der Waals surface area (Å²) in [6.45, 7) is 11.0. The minimum Gasteiger partial charge on any atom is -0.465 e. The molecule has 1 unspecified atom stereocenters. The smallest absolute Gasteiger partial charge is 0.118 e. The topological polar surface area (TPSA) is 28.4 Å². The van der Waals surface area contributed by atoms with Gasteiger partial charge in [-0.25, -0.2) is 0 Å². The molecule has 0 radical (unpaired) electrons. The molecule has 0 aromatic carbocycles. The van der Waals surface area contributed by atoms with Crippen LogP contribution in [0.1, 0.15) is 31.8 Å². The fourth-order valence-corrected chi connectivity index (χ4v) is 3.00. The van der Waals surface area contributed by atoms with Crippen LogP contribution in [0.25, 0.3) is 0 Å². The first-order valence-electron chi connectivity index (χ1n) is 6.96. The molecule has 0 spiro atoms. The van der Waals surface area contributed by atoms with Crippen molar-refractivity contribution >= 4 is 0 Å². The van der Waals surface area contributed by atoms with E-state index in [2.05, 4.69) is 37.2 Å². The third-order valence-electron chi connectivity index (χ3n) is 4.31. The van der Waals surface area contributed by atoms with Gasteiger partial charge in [-0.15, -0.1) is 0 Å². The second kappa shape index (κ2) is 5.45. The van der Waals surface area contributed by atoms with Gasteiger partial charge in [-0.1, -0.05) is 13.8 Å². The van der Waals surface area contributed by atoms with E-state index < -0.39 is 0 Å². The van der Waals surface area contributed by atoms with Crippen LogP contribution in [0.15, 0.2) is 16.5 Å². The number of furan rings is 1. The molecule has 0 amide bonds. The first-order valence-corrected chi connectivity index (χ1v) is 6.96. The van der Waals surface area contributed by atoms with Crippen molar-refractivity contribution in [3.05, 3.63) is 23.7 Å². The van der Waals surface area contributed by atoms with Gasteiger partial charge < -0.3 is 9.73 Å². The summed E-state index contributed by atoms with van der Waals surface area (Å²) in [5.41, 5.74) is 0.427. The Bertz CT molecular complexity index is 378. The molecule has 3 heteroatoms. The molecule has 1 aromatic heterocycles. The lowest BCUT2D eigenvalue weighted by Crippen LogP contribution is -2.40. The lowest BCUT2D eigenvalue weighted by Gasteiger charge is -2.36. The minimum absolute atomic E-state index is 0.427. The highest BCUT2D eigenvalue weighted by Gasteiger charge is 2.37. The van der Waals surface area contributed by atoms with Crippen molar-refractivity contribution in [3.8, 4) is 0 Å². The molecule has 0 aliphatic carbocycles. The highest BCUT2D eigenvalue weighted by Crippen LogP contribution is 2.35. The van der Waals surface area contributed by atoms with Crippen LogP contribution in [0.2, 0.25) is 0 Å². The maximum Gasteiger partial charge on any atom is 0.118 e. The minimum atomic E-state index is 0.427. The fraction of sp³-hybridized carbons (Fsp3) is 0.733. The Hall–Kier alpha value is -0.800. The summed E-state index contributed by atoms with van der Waals surface area (Å²) >= 11 is 0. The van der Waals surface area contributed by atoms with Gasteiger partial charge in [0.1, 0.15) is 11.5 Å². The second-order valence-corrected chi connectivity index (χ2v) is 6.13. The van der Waals surface area contributed by atoms with Gasteiger partial charge >= 0.3 is 0 Å². The van der Waals surface area contributed by atoms with Crippen LogP contribution in [0.3, 0.4) is 0 Å². The van der Waals surface area contributed by atoms with Gasteiger partial charge in [-0.05, 0) is 50.4 Å². The van der Waals surface area contributed by atoms with E-state index in [0.717, 1.165) is 37.7 Å². The number of hydrogen-bond acceptors (Lipinski definition) is 3. The quantitative estimate of drug-likeness (QED) is 0.871. The summed E-state index contributed by atoms with van der Waals surface area (Å²) in [7, 11) is 2.19. The van der Waals surface area contributed by atoms with E-state index in [4.69, 9.17) is 4.42 Å². The van der Waals surface area contributed by atoms with E-state index in [0.29, 0.717) is 11.3 Å². The molecule has 1 atom stereocenters. The van der Waals surface area contributed by atoms with Crippen LogP contribution in [-0.4, -0.2) is 31.6 Å². The first-order chi connectivity index (χ1) is 8.52. The van der Waals surface area contributed by atoms with Gasteiger partial charge in [-0.2, -0.15) is 0 Å².